The lowest BCUT2D eigenvalue weighted by atomic mass is 10.0. The van der Waals surface area contributed by atoms with Crippen LogP contribution in [0.3, 0.4) is 0 Å². The van der Waals surface area contributed by atoms with Crippen LogP contribution in [0.25, 0.3) is 22.3 Å². The number of hydrogen-bond acceptors (Lipinski definition) is 5. The Morgan fingerprint density at radius 1 is 0.208 bits per heavy atom. The van der Waals surface area contributed by atoms with E-state index in [1.165, 1.54) is 0 Å². The van der Waals surface area contributed by atoms with Crippen LogP contribution in [-0.4, -0.2) is 0 Å². The molecule has 0 bridgehead atoms. The molecule has 0 N–H and O–H groups in total. The van der Waals surface area contributed by atoms with Gasteiger partial charge in [-0.3, -0.25) is 0 Å². The van der Waals surface area contributed by atoms with Gasteiger partial charge >= 0.3 is 0 Å². The van der Waals surface area contributed by atoms with Crippen molar-refractivity contribution in [3.63, 3.8) is 0 Å². The van der Waals surface area contributed by atoms with Crippen LogP contribution >= 0.6 is 0 Å². The van der Waals surface area contributed by atoms with E-state index < -0.39 is 0 Å². The molecule has 256 valence electrons. The number of benzene rings is 8. The first-order valence-electron chi connectivity index (χ1n) is 17.3. The molecule has 0 spiro atoms. The topological polar surface area (TPSA) is 46.2 Å². The van der Waals surface area contributed by atoms with E-state index in [4.69, 9.17) is 23.7 Å². The Hall–Kier alpha value is -7.24. The summed E-state index contributed by atoms with van der Waals surface area (Å²) in [7, 11) is 0. The van der Waals surface area contributed by atoms with Crippen molar-refractivity contribution in [2.75, 3.05) is 0 Å². The molecule has 0 atom stereocenters. The Kier molecular flexibility index (Phi) is 9.79. The third-order valence-electron chi connectivity index (χ3n) is 8.39. The van der Waals surface area contributed by atoms with Crippen LogP contribution < -0.4 is 23.7 Å². The van der Waals surface area contributed by atoms with Crippen LogP contribution in [0.4, 0.5) is 0 Å². The fourth-order valence-corrected chi connectivity index (χ4v) is 5.88. The van der Waals surface area contributed by atoms with Crippen LogP contribution in [0.5, 0.6) is 57.5 Å². The fourth-order valence-electron chi connectivity index (χ4n) is 5.88. The average molecular weight is 691 g/mol. The zero-order valence-electron chi connectivity index (χ0n) is 28.7. The first kappa shape index (κ1) is 32.9. The summed E-state index contributed by atoms with van der Waals surface area (Å²) < 4.78 is 33.9. The number of ether oxygens (including phenoxy) is 5. The van der Waals surface area contributed by atoms with Crippen molar-refractivity contribution in [2.45, 2.75) is 0 Å². The van der Waals surface area contributed by atoms with Crippen molar-refractivity contribution in [3.8, 4) is 79.7 Å². The van der Waals surface area contributed by atoms with Gasteiger partial charge in [0.15, 0.2) is 23.0 Å². The Morgan fingerprint density at radius 2 is 0.491 bits per heavy atom. The lowest BCUT2D eigenvalue weighted by Crippen LogP contribution is -2.01. The standard InChI is InChI=1S/C48H34O5/c1-7-19-35(20-8-1)41-31-33-43(49-37-23-11-3-12-24-37)47(51-39-27-15-5-16-28-39)45(41)53-46-42(36-21-9-2-10-22-36)32-34-44(50-38-25-13-4-14-26-38)48(46)52-40-29-17-6-18-30-40/h1-34H. The molecule has 0 unspecified atom stereocenters. The third kappa shape index (κ3) is 7.75. The molecule has 0 saturated carbocycles. The van der Waals surface area contributed by atoms with E-state index in [9.17, 15) is 0 Å². The largest absolute Gasteiger partial charge is 0.453 e. The first-order chi connectivity index (χ1) is 26.3. The van der Waals surface area contributed by atoms with E-state index >= 15 is 0 Å². The lowest BCUT2D eigenvalue weighted by Gasteiger charge is -2.23. The van der Waals surface area contributed by atoms with Gasteiger partial charge in [-0.25, -0.2) is 0 Å². The maximum atomic E-state index is 7.30. The van der Waals surface area contributed by atoms with Crippen molar-refractivity contribution in [2.24, 2.45) is 0 Å². The van der Waals surface area contributed by atoms with Crippen molar-refractivity contribution in [1.29, 1.82) is 0 Å². The molecule has 5 heteroatoms. The average Bonchev–Trinajstić information content (AvgIpc) is 3.22. The van der Waals surface area contributed by atoms with E-state index in [-0.39, 0.29) is 0 Å². The van der Waals surface area contributed by atoms with E-state index in [1.54, 1.807) is 0 Å². The predicted octanol–water partition coefficient (Wildman–Crippen LogP) is 14.0. The zero-order valence-corrected chi connectivity index (χ0v) is 28.7. The normalized spacial score (nSPS) is 10.6. The van der Waals surface area contributed by atoms with Gasteiger partial charge in [-0.05, 0) is 83.9 Å². The second-order valence-electron chi connectivity index (χ2n) is 12.0. The fraction of sp³-hybridized carbons (Fsp3) is 0. The summed E-state index contributed by atoms with van der Waals surface area (Å²) in [6, 6.07) is 66.4. The summed E-state index contributed by atoms with van der Waals surface area (Å²) in [5, 5.41) is 0. The molecule has 0 saturated heterocycles. The molecule has 8 rings (SSSR count). The van der Waals surface area contributed by atoms with Crippen molar-refractivity contribution >= 4 is 0 Å². The van der Waals surface area contributed by atoms with Gasteiger partial charge in [0.05, 0.1) is 0 Å². The molecule has 0 heterocycles. The smallest absolute Gasteiger partial charge is 0.213 e. The Morgan fingerprint density at radius 3 is 0.811 bits per heavy atom. The second kappa shape index (κ2) is 15.8. The SMILES string of the molecule is c1ccc(Oc2ccc(-c3ccccc3)c(Oc3c(-c4ccccc4)ccc(Oc4ccccc4)c3Oc3ccccc3)c2Oc2ccccc2)cc1. The summed E-state index contributed by atoms with van der Waals surface area (Å²) in [4.78, 5) is 0. The maximum Gasteiger partial charge on any atom is 0.213 e. The minimum Gasteiger partial charge on any atom is -0.453 e. The third-order valence-corrected chi connectivity index (χ3v) is 8.39. The summed E-state index contributed by atoms with van der Waals surface area (Å²) >= 11 is 0. The lowest BCUT2D eigenvalue weighted by molar-refractivity contribution is 0.366. The van der Waals surface area contributed by atoms with Gasteiger partial charge < -0.3 is 23.7 Å². The molecule has 8 aromatic rings. The Bertz CT molecular complexity index is 2210. The number of para-hydroxylation sites is 4. The monoisotopic (exact) mass is 690 g/mol. The van der Waals surface area contributed by atoms with Gasteiger partial charge in [0, 0.05) is 11.1 Å². The summed E-state index contributed by atoms with van der Waals surface area (Å²) in [6.07, 6.45) is 0. The highest BCUT2D eigenvalue weighted by molar-refractivity contribution is 5.81. The quantitative estimate of drug-likeness (QED) is 0.128. The Labute approximate surface area is 308 Å². The minimum atomic E-state index is 0.389. The first-order valence-corrected chi connectivity index (χ1v) is 17.3. The molecule has 0 fully saturated rings. The van der Waals surface area contributed by atoms with Gasteiger partial charge in [-0.15, -0.1) is 0 Å². The molecule has 0 aromatic heterocycles. The van der Waals surface area contributed by atoms with E-state index in [0.29, 0.717) is 57.5 Å². The van der Waals surface area contributed by atoms with Crippen molar-refractivity contribution in [3.05, 3.63) is 206 Å². The van der Waals surface area contributed by atoms with E-state index in [1.807, 2.05) is 206 Å². The highest BCUT2D eigenvalue weighted by Crippen LogP contribution is 2.55. The summed E-state index contributed by atoms with van der Waals surface area (Å²) in [5.74, 6) is 5.12. The molecular formula is C48H34O5. The highest BCUT2D eigenvalue weighted by atomic mass is 16.6. The molecule has 5 nitrogen and oxygen atoms in total. The zero-order chi connectivity index (χ0) is 35.7. The van der Waals surface area contributed by atoms with Gasteiger partial charge in [0.2, 0.25) is 11.5 Å². The number of hydrogen-bond donors (Lipinski definition) is 0. The summed E-state index contributed by atoms with van der Waals surface area (Å²) in [5.41, 5.74) is 3.43. The molecule has 53 heavy (non-hydrogen) atoms. The second-order valence-corrected chi connectivity index (χ2v) is 12.0. The van der Waals surface area contributed by atoms with Crippen LogP contribution in [0.15, 0.2) is 206 Å². The van der Waals surface area contributed by atoms with Gasteiger partial charge in [0.1, 0.15) is 23.0 Å². The molecule has 8 aromatic carbocycles. The number of rotatable bonds is 12. The molecule has 0 radical (unpaired) electrons. The molecular weight excluding hydrogens is 657 g/mol. The van der Waals surface area contributed by atoms with Gasteiger partial charge in [-0.1, -0.05) is 133 Å². The van der Waals surface area contributed by atoms with E-state index in [0.717, 1.165) is 22.3 Å². The van der Waals surface area contributed by atoms with Crippen molar-refractivity contribution in [1.82, 2.24) is 0 Å². The highest BCUT2D eigenvalue weighted by Gasteiger charge is 2.27. The minimum absolute atomic E-state index is 0.389. The molecule has 0 aliphatic heterocycles. The van der Waals surface area contributed by atoms with Gasteiger partial charge in [-0.2, -0.15) is 0 Å². The van der Waals surface area contributed by atoms with Crippen LogP contribution in [0.1, 0.15) is 0 Å². The van der Waals surface area contributed by atoms with Gasteiger partial charge in [0.25, 0.3) is 0 Å². The van der Waals surface area contributed by atoms with Crippen LogP contribution in [-0.2, 0) is 0 Å². The van der Waals surface area contributed by atoms with E-state index in [2.05, 4.69) is 0 Å². The maximum absolute atomic E-state index is 7.30. The predicted molar refractivity (Wildman–Crippen MR) is 210 cm³/mol. The summed E-state index contributed by atoms with van der Waals surface area (Å²) in [6.45, 7) is 0. The molecule has 0 amide bonds. The Balaban J connectivity index is 1.39. The molecule has 0 aliphatic carbocycles. The van der Waals surface area contributed by atoms with Crippen LogP contribution in [0.2, 0.25) is 0 Å². The molecule has 0 aliphatic rings. The van der Waals surface area contributed by atoms with Crippen molar-refractivity contribution < 1.29 is 23.7 Å². The van der Waals surface area contributed by atoms with Crippen LogP contribution in [0, 0.1) is 0 Å².